The molecule has 0 aromatic carbocycles. The Morgan fingerprint density at radius 3 is 2.12 bits per heavy atom. The fourth-order valence-corrected chi connectivity index (χ4v) is 2.94. The molecular formula is C20H30O5. The molecule has 0 aromatic heterocycles. The molecule has 3 atom stereocenters. The van der Waals surface area contributed by atoms with Crippen LogP contribution in [-0.2, 0) is 9.59 Å². The average Bonchev–Trinajstić information content (AvgIpc) is 2.69. The van der Waals surface area contributed by atoms with Gasteiger partial charge < -0.3 is 15.3 Å². The Balaban J connectivity index is 3.42. The molecule has 140 valence electrons. The number of carbonyl (C=O) groups is 2. The molecule has 1 aliphatic rings. The largest absolute Gasteiger partial charge is 0.508 e. The smallest absolute Gasteiger partial charge is 0.176 e. The zero-order valence-corrected chi connectivity index (χ0v) is 16.0. The van der Waals surface area contributed by atoms with Gasteiger partial charge in [0.05, 0.1) is 12.0 Å². The van der Waals surface area contributed by atoms with Crippen LogP contribution in [0.2, 0.25) is 0 Å². The van der Waals surface area contributed by atoms with Crippen LogP contribution in [0.3, 0.4) is 0 Å². The predicted octanol–water partition coefficient (Wildman–Crippen LogP) is 3.03. The summed E-state index contributed by atoms with van der Waals surface area (Å²) < 4.78 is 0. The summed E-state index contributed by atoms with van der Waals surface area (Å²) in [7, 11) is 0. The van der Waals surface area contributed by atoms with Crippen LogP contribution in [0.25, 0.3) is 0 Å². The van der Waals surface area contributed by atoms with Crippen molar-refractivity contribution in [2.75, 3.05) is 0 Å². The van der Waals surface area contributed by atoms with E-state index in [0.29, 0.717) is 0 Å². The molecule has 0 bridgehead atoms. The van der Waals surface area contributed by atoms with Gasteiger partial charge in [0.15, 0.2) is 17.2 Å². The average molecular weight is 350 g/mol. The molecule has 0 saturated carbocycles. The lowest BCUT2D eigenvalue weighted by Crippen LogP contribution is -2.49. The van der Waals surface area contributed by atoms with Gasteiger partial charge in [-0.05, 0) is 40.5 Å². The molecule has 0 heterocycles. The second kappa shape index (κ2) is 8.11. The highest BCUT2D eigenvalue weighted by Gasteiger charge is 2.58. The standard InChI is InChI=1S/C20H30O5/c1-11(2)7-9-14-18(23)16(17(22)13(5)6)19(24)20(14,25)15(21)10-8-12(3)4/h7-8,13-15,21,24-25H,9-10H2,1-6H3/t14?,15?,20-/m0/s1. The number of Topliss-reactive ketones (excluding diaryl/α,β-unsaturated/α-hetero) is 2. The molecule has 0 aliphatic heterocycles. The summed E-state index contributed by atoms with van der Waals surface area (Å²) >= 11 is 0. The van der Waals surface area contributed by atoms with E-state index in [1.807, 2.05) is 27.7 Å². The van der Waals surface area contributed by atoms with Gasteiger partial charge in [0.1, 0.15) is 11.3 Å². The van der Waals surface area contributed by atoms with Gasteiger partial charge in [0.25, 0.3) is 0 Å². The number of ketones is 2. The number of allylic oxidation sites excluding steroid dienone is 4. The van der Waals surface area contributed by atoms with E-state index >= 15 is 0 Å². The summed E-state index contributed by atoms with van der Waals surface area (Å²) in [6, 6.07) is 0. The van der Waals surface area contributed by atoms with Crippen LogP contribution in [0.15, 0.2) is 34.6 Å². The van der Waals surface area contributed by atoms with Crippen LogP contribution in [0, 0.1) is 11.8 Å². The lowest BCUT2D eigenvalue weighted by Gasteiger charge is -2.33. The third-order valence-electron chi connectivity index (χ3n) is 4.50. The summed E-state index contributed by atoms with van der Waals surface area (Å²) in [5.74, 6) is -3.40. The first kappa shape index (κ1) is 21.3. The van der Waals surface area contributed by atoms with Gasteiger partial charge in [0, 0.05) is 5.92 Å². The molecule has 25 heavy (non-hydrogen) atoms. The highest BCUT2D eigenvalue weighted by atomic mass is 16.4. The third kappa shape index (κ3) is 4.28. The Labute approximate surface area is 149 Å². The van der Waals surface area contributed by atoms with Crippen molar-refractivity contribution in [2.45, 2.75) is 66.1 Å². The van der Waals surface area contributed by atoms with Crippen molar-refractivity contribution in [2.24, 2.45) is 11.8 Å². The fraction of sp³-hybridized carbons (Fsp3) is 0.600. The second-order valence-corrected chi connectivity index (χ2v) is 7.53. The van der Waals surface area contributed by atoms with Crippen LogP contribution in [0.1, 0.15) is 54.4 Å². The van der Waals surface area contributed by atoms with Gasteiger partial charge in [-0.25, -0.2) is 0 Å². The zero-order valence-electron chi connectivity index (χ0n) is 16.0. The molecule has 0 fully saturated rings. The van der Waals surface area contributed by atoms with Gasteiger partial charge in [0.2, 0.25) is 0 Å². The summed E-state index contributed by atoms with van der Waals surface area (Å²) in [5, 5.41) is 32.2. The van der Waals surface area contributed by atoms with Gasteiger partial charge in [-0.2, -0.15) is 0 Å². The highest BCUT2D eigenvalue weighted by molar-refractivity contribution is 6.24. The molecule has 3 N–H and O–H groups in total. The van der Waals surface area contributed by atoms with Gasteiger partial charge in [-0.3, -0.25) is 9.59 Å². The van der Waals surface area contributed by atoms with E-state index in [-0.39, 0.29) is 18.4 Å². The Bertz CT molecular complexity index is 630. The Morgan fingerprint density at radius 1 is 1.16 bits per heavy atom. The molecular weight excluding hydrogens is 320 g/mol. The Kier molecular flexibility index (Phi) is 6.91. The monoisotopic (exact) mass is 350 g/mol. The molecule has 2 unspecified atom stereocenters. The molecule has 0 radical (unpaired) electrons. The molecule has 0 aromatic rings. The number of rotatable bonds is 7. The summed E-state index contributed by atoms with van der Waals surface area (Å²) in [5.41, 5.74) is -0.651. The van der Waals surface area contributed by atoms with Gasteiger partial charge in [-0.15, -0.1) is 0 Å². The summed E-state index contributed by atoms with van der Waals surface area (Å²) in [4.78, 5) is 25.1. The van der Waals surface area contributed by atoms with Gasteiger partial charge in [-0.1, -0.05) is 37.1 Å². The normalized spacial score (nSPS) is 24.5. The van der Waals surface area contributed by atoms with Crippen LogP contribution >= 0.6 is 0 Å². The number of hydrogen-bond acceptors (Lipinski definition) is 5. The fourth-order valence-electron chi connectivity index (χ4n) is 2.94. The van der Waals surface area contributed by atoms with Crippen molar-refractivity contribution in [1.82, 2.24) is 0 Å². The van der Waals surface area contributed by atoms with Crippen LogP contribution < -0.4 is 0 Å². The molecule has 0 amide bonds. The predicted molar refractivity (Wildman–Crippen MR) is 97.0 cm³/mol. The van der Waals surface area contributed by atoms with E-state index in [1.54, 1.807) is 26.0 Å². The minimum Gasteiger partial charge on any atom is -0.508 e. The first-order chi connectivity index (χ1) is 11.4. The first-order valence-corrected chi connectivity index (χ1v) is 8.63. The highest BCUT2D eigenvalue weighted by Crippen LogP contribution is 2.43. The van der Waals surface area contributed by atoms with Crippen LogP contribution in [0.5, 0.6) is 0 Å². The molecule has 5 nitrogen and oxygen atoms in total. The third-order valence-corrected chi connectivity index (χ3v) is 4.50. The topological polar surface area (TPSA) is 94.8 Å². The number of hydrogen-bond donors (Lipinski definition) is 3. The van der Waals surface area contributed by atoms with E-state index in [2.05, 4.69) is 0 Å². The van der Waals surface area contributed by atoms with Crippen molar-refractivity contribution in [1.29, 1.82) is 0 Å². The van der Waals surface area contributed by atoms with Crippen molar-refractivity contribution >= 4 is 11.6 Å². The molecule has 1 rings (SSSR count). The Hall–Kier alpha value is -1.72. The van der Waals surface area contributed by atoms with Crippen molar-refractivity contribution in [3.8, 4) is 0 Å². The minimum atomic E-state index is -2.16. The molecule has 0 saturated heterocycles. The van der Waals surface area contributed by atoms with Crippen LogP contribution in [-0.4, -0.2) is 38.6 Å². The number of aliphatic hydroxyl groups excluding tert-OH is 2. The lowest BCUT2D eigenvalue weighted by atomic mass is 9.80. The SMILES string of the molecule is CC(C)=CCC(O)[C@]1(O)C(O)=C(C(=O)C(C)C)C(=O)C1CC=C(C)C. The van der Waals surface area contributed by atoms with Crippen molar-refractivity contribution < 1.29 is 24.9 Å². The van der Waals surface area contributed by atoms with E-state index < -0.39 is 40.9 Å². The van der Waals surface area contributed by atoms with Crippen molar-refractivity contribution in [3.05, 3.63) is 34.6 Å². The van der Waals surface area contributed by atoms with E-state index in [0.717, 1.165) is 11.1 Å². The van der Waals surface area contributed by atoms with E-state index in [1.165, 1.54) is 0 Å². The van der Waals surface area contributed by atoms with Gasteiger partial charge >= 0.3 is 0 Å². The van der Waals surface area contributed by atoms with E-state index in [4.69, 9.17) is 0 Å². The Morgan fingerprint density at radius 2 is 1.68 bits per heavy atom. The minimum absolute atomic E-state index is 0.0741. The maximum Gasteiger partial charge on any atom is 0.176 e. The first-order valence-electron chi connectivity index (χ1n) is 8.63. The molecule has 1 aliphatic carbocycles. The number of carbonyl (C=O) groups excluding carboxylic acids is 2. The number of aliphatic hydroxyl groups is 3. The van der Waals surface area contributed by atoms with Crippen molar-refractivity contribution in [3.63, 3.8) is 0 Å². The molecule has 5 heteroatoms. The summed E-state index contributed by atoms with van der Waals surface area (Å²) in [6.07, 6.45) is 2.31. The lowest BCUT2D eigenvalue weighted by molar-refractivity contribution is -0.134. The zero-order chi connectivity index (χ0) is 19.5. The molecule has 0 spiro atoms. The second-order valence-electron chi connectivity index (χ2n) is 7.53. The maximum absolute atomic E-state index is 12.8. The van der Waals surface area contributed by atoms with Crippen LogP contribution in [0.4, 0.5) is 0 Å². The quantitative estimate of drug-likeness (QED) is 0.484. The van der Waals surface area contributed by atoms with E-state index in [9.17, 15) is 24.9 Å². The maximum atomic E-state index is 12.8. The summed E-state index contributed by atoms with van der Waals surface area (Å²) in [6.45, 7) is 10.6.